The second-order valence-corrected chi connectivity index (χ2v) is 5.99. The van der Waals surface area contributed by atoms with Gasteiger partial charge in [-0.05, 0) is 30.2 Å². The highest BCUT2D eigenvalue weighted by molar-refractivity contribution is 6.30. The number of aromatic nitrogens is 5. The smallest absolute Gasteiger partial charge is 0.155 e. The lowest BCUT2D eigenvalue weighted by Crippen LogP contribution is -2.18. The van der Waals surface area contributed by atoms with Crippen molar-refractivity contribution in [2.75, 3.05) is 6.61 Å². The normalized spacial score (nSPS) is 12.5. The number of hydrogen-bond acceptors (Lipinski definition) is 4. The van der Waals surface area contributed by atoms with Gasteiger partial charge in [0.1, 0.15) is 6.04 Å². The van der Waals surface area contributed by atoms with Crippen molar-refractivity contribution >= 4 is 11.6 Å². The van der Waals surface area contributed by atoms with Crippen LogP contribution in [-0.2, 0) is 13.0 Å². The van der Waals surface area contributed by atoms with Crippen LogP contribution in [0.4, 0.5) is 0 Å². The number of aliphatic hydroxyl groups is 1. The molecule has 0 spiro atoms. The Labute approximate surface area is 145 Å². The molecule has 0 unspecified atom stereocenters. The maximum absolute atomic E-state index is 9.34. The summed E-state index contributed by atoms with van der Waals surface area (Å²) in [5, 5.41) is 18.9. The standard InChI is InChI=1S/C17H20ClN5O/c1-2-15(22-8-4-7-19-22)17-20-16(21-23(17)9-10-24)12-13-5-3-6-14(18)11-13/h3-8,11,15,24H,2,9-10,12H2,1H3/t15-/m0/s1. The molecular formula is C17H20ClN5O. The molecule has 7 heteroatoms. The lowest BCUT2D eigenvalue weighted by molar-refractivity contribution is 0.263. The van der Waals surface area contributed by atoms with Gasteiger partial charge in [0, 0.05) is 23.8 Å². The molecule has 0 aliphatic heterocycles. The first-order valence-electron chi connectivity index (χ1n) is 7.99. The zero-order chi connectivity index (χ0) is 16.9. The molecule has 0 aliphatic rings. The van der Waals surface area contributed by atoms with Gasteiger partial charge in [0.05, 0.1) is 13.2 Å². The first kappa shape index (κ1) is 16.7. The number of aliphatic hydroxyl groups excluding tert-OH is 1. The van der Waals surface area contributed by atoms with Crippen LogP contribution < -0.4 is 0 Å². The highest BCUT2D eigenvalue weighted by Gasteiger charge is 2.20. The van der Waals surface area contributed by atoms with Gasteiger partial charge in [-0.3, -0.25) is 4.68 Å². The lowest BCUT2D eigenvalue weighted by atomic mass is 10.1. The summed E-state index contributed by atoms with van der Waals surface area (Å²) >= 11 is 6.05. The second kappa shape index (κ2) is 7.59. The average Bonchev–Trinajstić information content (AvgIpc) is 3.20. The van der Waals surface area contributed by atoms with Gasteiger partial charge in [-0.25, -0.2) is 9.67 Å². The van der Waals surface area contributed by atoms with Gasteiger partial charge in [-0.1, -0.05) is 30.7 Å². The summed E-state index contributed by atoms with van der Waals surface area (Å²) in [6, 6.07) is 9.57. The van der Waals surface area contributed by atoms with E-state index in [1.807, 2.05) is 41.2 Å². The van der Waals surface area contributed by atoms with E-state index in [2.05, 4.69) is 17.1 Å². The summed E-state index contributed by atoms with van der Waals surface area (Å²) in [6.45, 7) is 2.51. The predicted molar refractivity (Wildman–Crippen MR) is 92.0 cm³/mol. The molecule has 1 aromatic carbocycles. The second-order valence-electron chi connectivity index (χ2n) is 5.55. The number of nitrogens with zero attached hydrogens (tertiary/aromatic N) is 5. The summed E-state index contributed by atoms with van der Waals surface area (Å²) < 4.78 is 3.65. The fraction of sp³-hybridized carbons (Fsp3) is 0.353. The topological polar surface area (TPSA) is 68.8 Å². The van der Waals surface area contributed by atoms with Crippen molar-refractivity contribution in [2.45, 2.75) is 32.4 Å². The minimum atomic E-state index is -0.00726. The first-order chi connectivity index (χ1) is 11.7. The van der Waals surface area contributed by atoms with E-state index in [4.69, 9.17) is 16.6 Å². The Bertz CT molecular complexity index is 784. The van der Waals surface area contributed by atoms with E-state index in [1.165, 1.54) is 0 Å². The molecule has 0 amide bonds. The molecule has 6 nitrogen and oxygen atoms in total. The Balaban J connectivity index is 1.92. The minimum absolute atomic E-state index is 0.00726. The van der Waals surface area contributed by atoms with Gasteiger partial charge >= 0.3 is 0 Å². The van der Waals surface area contributed by atoms with Gasteiger partial charge < -0.3 is 5.11 Å². The lowest BCUT2D eigenvalue weighted by Gasteiger charge is -2.15. The molecule has 1 N–H and O–H groups in total. The maximum Gasteiger partial charge on any atom is 0.155 e. The first-order valence-corrected chi connectivity index (χ1v) is 8.37. The van der Waals surface area contributed by atoms with Crippen LogP contribution in [0.1, 0.15) is 36.6 Å². The van der Waals surface area contributed by atoms with Crippen molar-refractivity contribution in [1.29, 1.82) is 0 Å². The Morgan fingerprint density at radius 3 is 2.83 bits per heavy atom. The van der Waals surface area contributed by atoms with Crippen molar-refractivity contribution in [1.82, 2.24) is 24.5 Å². The van der Waals surface area contributed by atoms with E-state index in [0.29, 0.717) is 23.8 Å². The van der Waals surface area contributed by atoms with Crippen LogP contribution in [0.15, 0.2) is 42.7 Å². The Morgan fingerprint density at radius 2 is 2.17 bits per heavy atom. The van der Waals surface area contributed by atoms with Crippen molar-refractivity contribution < 1.29 is 5.11 Å². The van der Waals surface area contributed by atoms with Crippen molar-refractivity contribution in [3.8, 4) is 0 Å². The molecule has 2 heterocycles. The van der Waals surface area contributed by atoms with Gasteiger partial charge in [-0.2, -0.15) is 10.2 Å². The molecule has 0 aliphatic carbocycles. The molecule has 126 valence electrons. The van der Waals surface area contributed by atoms with Crippen LogP contribution in [0, 0.1) is 0 Å². The van der Waals surface area contributed by atoms with E-state index in [1.54, 1.807) is 10.9 Å². The van der Waals surface area contributed by atoms with Gasteiger partial charge in [0.15, 0.2) is 11.6 Å². The molecular weight excluding hydrogens is 326 g/mol. The van der Waals surface area contributed by atoms with Crippen LogP contribution in [0.2, 0.25) is 5.02 Å². The Morgan fingerprint density at radius 1 is 1.29 bits per heavy atom. The summed E-state index contributed by atoms with van der Waals surface area (Å²) in [5.74, 6) is 1.53. The molecule has 0 fully saturated rings. The molecule has 0 radical (unpaired) electrons. The summed E-state index contributed by atoms with van der Waals surface area (Å²) in [5.41, 5.74) is 1.06. The van der Waals surface area contributed by atoms with Crippen LogP contribution in [0.5, 0.6) is 0 Å². The Kier molecular flexibility index (Phi) is 5.27. The van der Waals surface area contributed by atoms with Crippen LogP contribution >= 0.6 is 11.6 Å². The molecule has 0 saturated heterocycles. The molecule has 1 atom stereocenters. The number of benzene rings is 1. The molecule has 0 bridgehead atoms. The zero-order valence-electron chi connectivity index (χ0n) is 13.5. The zero-order valence-corrected chi connectivity index (χ0v) is 14.3. The number of hydrogen-bond donors (Lipinski definition) is 1. The molecule has 2 aromatic heterocycles. The fourth-order valence-corrected chi connectivity index (χ4v) is 2.98. The summed E-state index contributed by atoms with van der Waals surface area (Å²) in [6.07, 6.45) is 5.11. The number of halogens is 1. The van der Waals surface area contributed by atoms with E-state index < -0.39 is 0 Å². The van der Waals surface area contributed by atoms with E-state index in [0.717, 1.165) is 17.8 Å². The van der Waals surface area contributed by atoms with Crippen molar-refractivity contribution in [3.05, 3.63) is 65.0 Å². The molecule has 3 aromatic rings. The third-order valence-corrected chi connectivity index (χ3v) is 4.07. The van der Waals surface area contributed by atoms with E-state index >= 15 is 0 Å². The molecule has 24 heavy (non-hydrogen) atoms. The molecule has 3 rings (SSSR count). The summed E-state index contributed by atoms with van der Waals surface area (Å²) in [7, 11) is 0. The van der Waals surface area contributed by atoms with Crippen molar-refractivity contribution in [2.24, 2.45) is 0 Å². The fourth-order valence-electron chi connectivity index (χ4n) is 2.77. The average molecular weight is 346 g/mol. The van der Waals surface area contributed by atoms with Crippen molar-refractivity contribution in [3.63, 3.8) is 0 Å². The monoisotopic (exact) mass is 345 g/mol. The van der Waals surface area contributed by atoms with E-state index in [-0.39, 0.29) is 12.6 Å². The maximum atomic E-state index is 9.34. The third-order valence-electron chi connectivity index (χ3n) is 3.84. The van der Waals surface area contributed by atoms with Crippen LogP contribution in [0.25, 0.3) is 0 Å². The summed E-state index contributed by atoms with van der Waals surface area (Å²) in [4.78, 5) is 4.72. The van der Waals surface area contributed by atoms with Gasteiger partial charge in [0.2, 0.25) is 0 Å². The molecule has 0 saturated carbocycles. The SMILES string of the molecule is CC[C@@H](c1nc(Cc2cccc(Cl)c2)nn1CCO)n1cccn1. The predicted octanol–water partition coefficient (Wildman–Crippen LogP) is 2.71. The number of rotatable bonds is 7. The Hall–Kier alpha value is -2.18. The van der Waals surface area contributed by atoms with Gasteiger partial charge in [0.25, 0.3) is 0 Å². The quantitative estimate of drug-likeness (QED) is 0.715. The van der Waals surface area contributed by atoms with Gasteiger partial charge in [-0.15, -0.1) is 0 Å². The van der Waals surface area contributed by atoms with Crippen LogP contribution in [0.3, 0.4) is 0 Å². The highest BCUT2D eigenvalue weighted by Crippen LogP contribution is 2.21. The van der Waals surface area contributed by atoms with Crippen LogP contribution in [-0.4, -0.2) is 36.3 Å². The van der Waals surface area contributed by atoms with E-state index in [9.17, 15) is 5.11 Å². The minimum Gasteiger partial charge on any atom is -0.394 e. The largest absolute Gasteiger partial charge is 0.394 e. The third kappa shape index (κ3) is 3.66. The highest BCUT2D eigenvalue weighted by atomic mass is 35.5.